The van der Waals surface area contributed by atoms with E-state index < -0.39 is 0 Å². The van der Waals surface area contributed by atoms with Crippen LogP contribution < -0.4 is 0 Å². The number of benzene rings is 8. The molecule has 4 aliphatic rings. The number of fused-ring (bicyclic) bond motifs is 10. The third-order valence-corrected chi connectivity index (χ3v) is 15.9. The molecule has 2 spiro atoms. The third kappa shape index (κ3) is 6.37. The summed E-state index contributed by atoms with van der Waals surface area (Å²) in [5, 5.41) is 0. The van der Waals surface area contributed by atoms with Gasteiger partial charge >= 0.3 is 0 Å². The van der Waals surface area contributed by atoms with Crippen LogP contribution in [0.25, 0.3) is 89.5 Å². The van der Waals surface area contributed by atoms with E-state index in [1.165, 1.54) is 120 Å². The highest BCUT2D eigenvalue weighted by Gasteiger charge is 2.49. The lowest BCUT2D eigenvalue weighted by Gasteiger charge is -2.37. The number of nitrogens with zero attached hydrogens (tertiary/aromatic N) is 2. The van der Waals surface area contributed by atoms with E-state index in [1.807, 2.05) is 18.2 Å². The zero-order valence-corrected chi connectivity index (χ0v) is 37.4. The van der Waals surface area contributed by atoms with E-state index in [9.17, 15) is 0 Å². The van der Waals surface area contributed by atoms with Gasteiger partial charge in [0.2, 0.25) is 0 Å². The molecule has 0 radical (unpaired) electrons. The summed E-state index contributed by atoms with van der Waals surface area (Å²) in [5.41, 5.74) is 24.9. The highest BCUT2D eigenvalue weighted by atomic mass is 14.9. The number of hydrogen-bond acceptors (Lipinski definition) is 2. The van der Waals surface area contributed by atoms with E-state index in [1.54, 1.807) is 22.3 Å². The third-order valence-electron chi connectivity index (χ3n) is 15.9. The van der Waals surface area contributed by atoms with Crippen molar-refractivity contribution in [2.24, 2.45) is 0 Å². The van der Waals surface area contributed by atoms with Crippen LogP contribution in [0.5, 0.6) is 0 Å². The molecule has 2 saturated carbocycles. The summed E-state index contributed by atoms with van der Waals surface area (Å²) < 4.78 is 0. The van der Waals surface area contributed by atoms with Gasteiger partial charge in [0.05, 0.1) is 11.4 Å². The lowest BCUT2D eigenvalue weighted by Crippen LogP contribution is -2.29. The Balaban J connectivity index is 0.838. The van der Waals surface area contributed by atoms with E-state index in [2.05, 4.69) is 176 Å². The lowest BCUT2D eigenvalue weighted by molar-refractivity contribution is 0.350. The first kappa shape index (κ1) is 39.2. The van der Waals surface area contributed by atoms with Crippen LogP contribution >= 0.6 is 0 Å². The molecule has 0 amide bonds. The van der Waals surface area contributed by atoms with Crippen molar-refractivity contribution >= 4 is 0 Å². The van der Waals surface area contributed by atoms with E-state index in [0.29, 0.717) is 0 Å². The first-order valence-corrected chi connectivity index (χ1v) is 24.4. The summed E-state index contributed by atoms with van der Waals surface area (Å²) in [6.07, 6.45) is 12.9. The summed E-state index contributed by atoms with van der Waals surface area (Å²) in [4.78, 5) is 10.2. The molecule has 13 rings (SSSR count). The van der Waals surface area contributed by atoms with E-state index in [-0.39, 0.29) is 10.8 Å². The molecule has 1 heterocycles. The van der Waals surface area contributed by atoms with Gasteiger partial charge < -0.3 is 0 Å². The van der Waals surface area contributed by atoms with Crippen LogP contribution in [0.15, 0.2) is 194 Å². The molecule has 2 heteroatoms. The normalized spacial score (nSPS) is 16.1. The molecule has 0 unspecified atom stereocenters. The van der Waals surface area contributed by atoms with Gasteiger partial charge in [-0.25, -0.2) is 9.97 Å². The molecule has 1 aromatic heterocycles. The molecule has 2 fully saturated rings. The SMILES string of the molecule is c1ccc(-c2ccc(-c3cc(-c4ccc(-c5cccc(-c6ccc7c(c6)C6(CCCCC6)c6cc8c(cc6-7)C6(CCCCC6)c6ccccc6-8)c5)cc4)nc(-c4ccccc4)n3)cc2)cc1. The Kier molecular flexibility index (Phi) is 9.38. The second-order valence-corrected chi connectivity index (χ2v) is 19.5. The van der Waals surface area contributed by atoms with Gasteiger partial charge in [-0.05, 0) is 134 Å². The number of hydrogen-bond donors (Lipinski definition) is 0. The molecule has 9 aromatic rings. The zero-order valence-electron chi connectivity index (χ0n) is 37.4. The summed E-state index contributed by atoms with van der Waals surface area (Å²) in [6, 6.07) is 72.0. The maximum absolute atomic E-state index is 5.14. The predicted octanol–water partition coefficient (Wildman–Crippen LogP) is 16.9. The van der Waals surface area contributed by atoms with Gasteiger partial charge in [0.25, 0.3) is 0 Å². The van der Waals surface area contributed by atoms with Crippen molar-refractivity contribution in [1.29, 1.82) is 0 Å². The van der Waals surface area contributed by atoms with Gasteiger partial charge in [0, 0.05) is 27.5 Å². The molecule has 0 saturated heterocycles. The fraction of sp³-hybridized carbons (Fsp3) is 0.188. The molecule has 8 aromatic carbocycles. The van der Waals surface area contributed by atoms with Crippen LogP contribution in [-0.4, -0.2) is 9.97 Å². The monoisotopic (exact) mass is 848 g/mol. The molecule has 0 N–H and O–H groups in total. The Bertz CT molecular complexity index is 3280. The Labute approximate surface area is 389 Å². The lowest BCUT2D eigenvalue weighted by atomic mass is 9.66. The largest absolute Gasteiger partial charge is 0.228 e. The van der Waals surface area contributed by atoms with Crippen molar-refractivity contribution in [3.05, 3.63) is 216 Å². The highest BCUT2D eigenvalue weighted by molar-refractivity contribution is 5.91. The fourth-order valence-electron chi connectivity index (χ4n) is 12.6. The fourth-order valence-corrected chi connectivity index (χ4v) is 12.6. The Morgan fingerprint density at radius 2 is 0.667 bits per heavy atom. The Morgan fingerprint density at radius 1 is 0.258 bits per heavy atom. The number of rotatable bonds is 6. The molecule has 0 bridgehead atoms. The molecule has 2 nitrogen and oxygen atoms in total. The van der Waals surface area contributed by atoms with Crippen molar-refractivity contribution in [3.8, 4) is 89.5 Å². The second-order valence-electron chi connectivity index (χ2n) is 19.5. The molecule has 66 heavy (non-hydrogen) atoms. The summed E-state index contributed by atoms with van der Waals surface area (Å²) in [5.74, 6) is 0.724. The standard InChI is InChI=1S/C64H52N2/c1-5-16-43(17-6-1)44-24-28-46(29-25-44)60-42-61(66-62(65-60)48-18-7-2-8-19-48)47-30-26-45(27-31-47)49-20-15-21-50(38-49)51-32-33-53-55-41-58-54(40-59(55)64(57(53)39-51)36-13-4-14-37-64)52-22-9-10-23-56(52)63(58)34-11-3-12-35-63/h1-2,5-10,15-33,38-42H,3-4,11-14,34-37H2. The summed E-state index contributed by atoms with van der Waals surface area (Å²) in [7, 11) is 0. The van der Waals surface area contributed by atoms with Crippen molar-refractivity contribution in [3.63, 3.8) is 0 Å². The van der Waals surface area contributed by atoms with E-state index in [0.717, 1.165) is 33.9 Å². The molecule has 318 valence electrons. The molecular formula is C64H52N2. The number of aromatic nitrogens is 2. The van der Waals surface area contributed by atoms with Gasteiger partial charge in [-0.2, -0.15) is 0 Å². The second kappa shape index (κ2) is 15.8. The maximum Gasteiger partial charge on any atom is 0.160 e. The van der Waals surface area contributed by atoms with Crippen LogP contribution in [0, 0.1) is 0 Å². The smallest absolute Gasteiger partial charge is 0.160 e. The minimum Gasteiger partial charge on any atom is -0.228 e. The maximum atomic E-state index is 5.14. The first-order chi connectivity index (χ1) is 32.6. The van der Waals surface area contributed by atoms with Crippen molar-refractivity contribution in [1.82, 2.24) is 9.97 Å². The van der Waals surface area contributed by atoms with E-state index in [4.69, 9.17) is 9.97 Å². The van der Waals surface area contributed by atoms with Gasteiger partial charge in [-0.3, -0.25) is 0 Å². The van der Waals surface area contributed by atoms with Crippen LogP contribution in [0.1, 0.15) is 86.5 Å². The predicted molar refractivity (Wildman–Crippen MR) is 273 cm³/mol. The molecule has 0 atom stereocenters. The molecule has 4 aliphatic carbocycles. The van der Waals surface area contributed by atoms with Gasteiger partial charge in [-0.1, -0.05) is 202 Å². The summed E-state index contributed by atoms with van der Waals surface area (Å²) >= 11 is 0. The minimum atomic E-state index is 0.0749. The average Bonchev–Trinajstić information content (AvgIpc) is 3.80. The average molecular weight is 849 g/mol. The van der Waals surface area contributed by atoms with Crippen molar-refractivity contribution in [2.75, 3.05) is 0 Å². The zero-order chi connectivity index (χ0) is 43.7. The van der Waals surface area contributed by atoms with Gasteiger partial charge in [0.15, 0.2) is 5.82 Å². The Morgan fingerprint density at radius 3 is 1.27 bits per heavy atom. The minimum absolute atomic E-state index is 0.0749. The molecular weight excluding hydrogens is 797 g/mol. The Hall–Kier alpha value is -7.16. The van der Waals surface area contributed by atoms with Gasteiger partial charge in [0.1, 0.15) is 0 Å². The quantitative estimate of drug-likeness (QED) is 0.167. The molecule has 0 aliphatic heterocycles. The van der Waals surface area contributed by atoms with Crippen molar-refractivity contribution in [2.45, 2.75) is 75.0 Å². The van der Waals surface area contributed by atoms with Crippen molar-refractivity contribution < 1.29 is 0 Å². The van der Waals surface area contributed by atoms with E-state index >= 15 is 0 Å². The first-order valence-electron chi connectivity index (χ1n) is 24.4. The van der Waals surface area contributed by atoms with Gasteiger partial charge in [-0.15, -0.1) is 0 Å². The van der Waals surface area contributed by atoms with Crippen LogP contribution in [0.3, 0.4) is 0 Å². The van der Waals surface area contributed by atoms with Crippen LogP contribution in [-0.2, 0) is 10.8 Å². The summed E-state index contributed by atoms with van der Waals surface area (Å²) in [6.45, 7) is 0. The van der Waals surface area contributed by atoms with Crippen LogP contribution in [0.4, 0.5) is 0 Å². The van der Waals surface area contributed by atoms with Crippen LogP contribution in [0.2, 0.25) is 0 Å². The highest BCUT2D eigenvalue weighted by Crippen LogP contribution is 2.62. The topological polar surface area (TPSA) is 25.8 Å².